The van der Waals surface area contributed by atoms with E-state index >= 15 is 0 Å². The molecule has 0 aliphatic carbocycles. The largest absolute Gasteiger partial charge is 0.495 e. The van der Waals surface area contributed by atoms with E-state index in [1.165, 1.54) is 36.3 Å². The zero-order valence-corrected chi connectivity index (χ0v) is 24.8. The van der Waals surface area contributed by atoms with Gasteiger partial charge in [-0.2, -0.15) is 0 Å². The van der Waals surface area contributed by atoms with Crippen molar-refractivity contribution in [1.82, 2.24) is 10.2 Å². The predicted octanol–water partition coefficient (Wildman–Crippen LogP) is 5.19. The Hall–Kier alpha value is -3.56. The molecule has 10 heteroatoms. The highest BCUT2D eigenvalue weighted by molar-refractivity contribution is 7.92. The van der Waals surface area contributed by atoms with Crippen LogP contribution in [0.2, 0.25) is 5.02 Å². The van der Waals surface area contributed by atoms with E-state index in [1.807, 2.05) is 44.2 Å². The SMILES string of the molecule is CCCCNC(=O)[C@@H](C)N(Cc1ccccc1)C(=O)CN(c1ccc(OC)c(Cl)c1)S(=O)(=O)c1ccc(C)cc1. The van der Waals surface area contributed by atoms with Crippen LogP contribution >= 0.6 is 11.6 Å². The highest BCUT2D eigenvalue weighted by Crippen LogP contribution is 2.32. The van der Waals surface area contributed by atoms with Gasteiger partial charge in [-0.3, -0.25) is 13.9 Å². The minimum atomic E-state index is -4.19. The van der Waals surface area contributed by atoms with Gasteiger partial charge in [-0.1, -0.05) is 73.0 Å². The third-order valence-electron chi connectivity index (χ3n) is 6.50. The van der Waals surface area contributed by atoms with Crippen molar-refractivity contribution in [1.29, 1.82) is 0 Å². The second kappa shape index (κ2) is 14.2. The molecule has 0 aliphatic heterocycles. The molecule has 0 aromatic heterocycles. The molecule has 0 saturated heterocycles. The Morgan fingerprint density at radius 3 is 2.30 bits per heavy atom. The molecule has 0 bridgehead atoms. The first kappa shape index (κ1) is 31.0. The molecule has 1 atom stereocenters. The van der Waals surface area contributed by atoms with Gasteiger partial charge in [0.15, 0.2) is 0 Å². The average Bonchev–Trinajstić information content (AvgIpc) is 2.94. The Bertz CT molecular complexity index is 1400. The van der Waals surface area contributed by atoms with Gasteiger partial charge in [0.1, 0.15) is 18.3 Å². The predicted molar refractivity (Wildman–Crippen MR) is 158 cm³/mol. The summed E-state index contributed by atoms with van der Waals surface area (Å²) >= 11 is 6.35. The average molecular weight is 586 g/mol. The molecule has 3 aromatic rings. The van der Waals surface area contributed by atoms with E-state index in [1.54, 1.807) is 25.1 Å². The van der Waals surface area contributed by atoms with Crippen molar-refractivity contribution in [2.45, 2.75) is 51.1 Å². The second-order valence-electron chi connectivity index (χ2n) is 9.47. The zero-order chi connectivity index (χ0) is 29.3. The monoisotopic (exact) mass is 585 g/mol. The van der Waals surface area contributed by atoms with Crippen molar-refractivity contribution in [2.24, 2.45) is 0 Å². The summed E-state index contributed by atoms with van der Waals surface area (Å²) in [7, 11) is -2.73. The first-order valence-corrected chi connectivity index (χ1v) is 14.9. The van der Waals surface area contributed by atoms with Gasteiger partial charge in [-0.15, -0.1) is 0 Å². The minimum Gasteiger partial charge on any atom is -0.495 e. The number of aryl methyl sites for hydroxylation is 1. The fourth-order valence-electron chi connectivity index (χ4n) is 4.08. The van der Waals surface area contributed by atoms with E-state index in [2.05, 4.69) is 5.32 Å². The van der Waals surface area contributed by atoms with E-state index in [0.29, 0.717) is 12.3 Å². The highest BCUT2D eigenvalue weighted by atomic mass is 35.5. The number of unbranched alkanes of at least 4 members (excludes halogenated alkanes) is 1. The quantitative estimate of drug-likeness (QED) is 0.279. The molecule has 3 rings (SSSR count). The number of anilines is 1. The van der Waals surface area contributed by atoms with Gasteiger partial charge in [-0.25, -0.2) is 8.42 Å². The molecule has 1 N–H and O–H groups in total. The van der Waals surface area contributed by atoms with Crippen molar-refractivity contribution in [3.05, 3.63) is 88.9 Å². The second-order valence-corrected chi connectivity index (χ2v) is 11.7. The summed E-state index contributed by atoms with van der Waals surface area (Å²) in [5.74, 6) is -0.477. The summed E-state index contributed by atoms with van der Waals surface area (Å²) < 4.78 is 34.1. The number of nitrogens with one attached hydrogen (secondary N) is 1. The third-order valence-corrected chi connectivity index (χ3v) is 8.59. The van der Waals surface area contributed by atoms with E-state index in [0.717, 1.165) is 28.3 Å². The van der Waals surface area contributed by atoms with Crippen LogP contribution in [0, 0.1) is 6.92 Å². The van der Waals surface area contributed by atoms with Gasteiger partial charge in [0.25, 0.3) is 10.0 Å². The lowest BCUT2D eigenvalue weighted by Gasteiger charge is -2.32. The first-order chi connectivity index (χ1) is 19.1. The van der Waals surface area contributed by atoms with Crippen LogP contribution in [0.25, 0.3) is 0 Å². The number of rotatable bonds is 13. The van der Waals surface area contributed by atoms with Gasteiger partial charge in [-0.05, 0) is 56.2 Å². The lowest BCUT2D eigenvalue weighted by molar-refractivity contribution is -0.139. The Morgan fingerprint density at radius 2 is 1.70 bits per heavy atom. The number of methoxy groups -OCH3 is 1. The number of nitrogens with zero attached hydrogens (tertiary/aromatic N) is 2. The topological polar surface area (TPSA) is 96.0 Å². The maximum absolute atomic E-state index is 13.9. The normalized spacial score (nSPS) is 11.9. The number of sulfonamides is 1. The Labute approximate surface area is 241 Å². The van der Waals surface area contributed by atoms with Crippen LogP contribution in [0.15, 0.2) is 77.7 Å². The van der Waals surface area contributed by atoms with Crippen LogP contribution in [0.3, 0.4) is 0 Å². The number of hydrogen-bond acceptors (Lipinski definition) is 5. The number of halogens is 1. The maximum Gasteiger partial charge on any atom is 0.264 e. The van der Waals surface area contributed by atoms with Crippen molar-refractivity contribution in [3.8, 4) is 5.75 Å². The van der Waals surface area contributed by atoms with Gasteiger partial charge >= 0.3 is 0 Å². The standard InChI is InChI=1S/C30H36ClN3O5S/c1-5-6-18-32-30(36)23(3)33(20-24-10-8-7-9-11-24)29(35)21-34(25-14-17-28(39-4)27(31)19-25)40(37,38)26-15-12-22(2)13-16-26/h7-17,19,23H,5-6,18,20-21H2,1-4H3,(H,32,36)/t23-/m1/s1. The Kier molecular flexibility index (Phi) is 11.0. The molecule has 0 heterocycles. The number of carbonyl (C=O) groups excluding carboxylic acids is 2. The van der Waals surface area contributed by atoms with Crippen molar-refractivity contribution >= 4 is 39.1 Å². The van der Waals surface area contributed by atoms with E-state index in [4.69, 9.17) is 16.3 Å². The van der Waals surface area contributed by atoms with Crippen molar-refractivity contribution in [2.75, 3.05) is 24.5 Å². The Morgan fingerprint density at radius 1 is 1.02 bits per heavy atom. The molecule has 0 radical (unpaired) electrons. The summed E-state index contributed by atoms with van der Waals surface area (Å²) in [5, 5.41) is 3.07. The third kappa shape index (κ3) is 7.76. The first-order valence-electron chi connectivity index (χ1n) is 13.1. The summed E-state index contributed by atoms with van der Waals surface area (Å²) in [6.45, 7) is 5.60. The van der Waals surface area contributed by atoms with Gasteiger partial charge in [0.2, 0.25) is 11.8 Å². The summed E-state index contributed by atoms with van der Waals surface area (Å²) in [6.07, 6.45) is 1.73. The molecule has 0 spiro atoms. The van der Waals surface area contributed by atoms with E-state index in [-0.39, 0.29) is 28.1 Å². The number of ether oxygens (including phenoxy) is 1. The van der Waals surface area contributed by atoms with Crippen LogP contribution in [0.4, 0.5) is 5.69 Å². The highest BCUT2D eigenvalue weighted by Gasteiger charge is 2.32. The molecule has 3 aromatic carbocycles. The number of hydrogen-bond donors (Lipinski definition) is 1. The summed E-state index contributed by atoms with van der Waals surface area (Å²) in [6, 6.07) is 19.3. The fourth-order valence-corrected chi connectivity index (χ4v) is 5.73. The molecule has 8 nitrogen and oxygen atoms in total. The number of benzene rings is 3. The number of amides is 2. The van der Waals surface area contributed by atoms with Gasteiger partial charge in [0.05, 0.1) is 22.7 Å². The minimum absolute atomic E-state index is 0.0257. The lowest BCUT2D eigenvalue weighted by Crippen LogP contribution is -2.51. The van der Waals surface area contributed by atoms with Crippen LogP contribution in [-0.4, -0.2) is 51.4 Å². The molecular weight excluding hydrogens is 550 g/mol. The van der Waals surface area contributed by atoms with Crippen molar-refractivity contribution < 1.29 is 22.7 Å². The van der Waals surface area contributed by atoms with Crippen LogP contribution in [0.1, 0.15) is 37.8 Å². The molecule has 0 unspecified atom stereocenters. The van der Waals surface area contributed by atoms with E-state index in [9.17, 15) is 18.0 Å². The zero-order valence-electron chi connectivity index (χ0n) is 23.3. The molecule has 0 aliphatic rings. The van der Waals surface area contributed by atoms with Crippen molar-refractivity contribution in [3.63, 3.8) is 0 Å². The fraction of sp³-hybridized carbons (Fsp3) is 0.333. The number of carbonyl (C=O) groups is 2. The summed E-state index contributed by atoms with van der Waals surface area (Å²) in [4.78, 5) is 28.4. The van der Waals surface area contributed by atoms with Crippen LogP contribution in [-0.2, 0) is 26.2 Å². The molecular formula is C30H36ClN3O5S. The maximum atomic E-state index is 13.9. The van der Waals surface area contributed by atoms with Crippen LogP contribution in [0.5, 0.6) is 5.75 Å². The van der Waals surface area contributed by atoms with Gasteiger partial charge < -0.3 is 15.0 Å². The molecule has 214 valence electrons. The molecule has 0 saturated carbocycles. The summed E-state index contributed by atoms with van der Waals surface area (Å²) in [5.41, 5.74) is 1.90. The smallest absolute Gasteiger partial charge is 0.264 e. The molecule has 40 heavy (non-hydrogen) atoms. The molecule has 0 fully saturated rings. The lowest BCUT2D eigenvalue weighted by atomic mass is 10.1. The van der Waals surface area contributed by atoms with Gasteiger partial charge in [0, 0.05) is 13.1 Å². The van der Waals surface area contributed by atoms with Crippen LogP contribution < -0.4 is 14.4 Å². The Balaban J connectivity index is 2.02. The molecule has 2 amide bonds. The van der Waals surface area contributed by atoms with E-state index < -0.39 is 28.5 Å².